The number of carbonyl (C=O) groups is 2. The van der Waals surface area contributed by atoms with E-state index in [1.165, 1.54) is 180 Å². The molecule has 0 heterocycles. The Morgan fingerprint density at radius 2 is 0.753 bits per heavy atom. The maximum atomic E-state index is 13.9. The lowest BCUT2D eigenvalue weighted by Crippen LogP contribution is -2.50. The molecule has 0 aromatic heterocycles. The smallest absolute Gasteiger partial charge is 0.237 e. The van der Waals surface area contributed by atoms with Crippen LogP contribution in [0.4, 0.5) is 0 Å². The number of unbranched alkanes of at least 4 members (excludes halogenated alkanes) is 24. The van der Waals surface area contributed by atoms with E-state index in [1.54, 1.807) is 0 Å². The van der Waals surface area contributed by atoms with Crippen LogP contribution < -0.4 is 54.8 Å². The second-order valence-electron chi connectivity index (χ2n) is 24.0. The third-order valence-electron chi connectivity index (χ3n) is 16.0. The minimum atomic E-state index is -0.237. The second kappa shape index (κ2) is 64.0. The van der Waals surface area contributed by atoms with Gasteiger partial charge in [-0.25, -0.2) is 0 Å². The zero-order chi connectivity index (χ0) is 59.2. The number of hydrogen-bond donors (Lipinski definition) is 10. The second-order valence-corrected chi connectivity index (χ2v) is 24.0. The van der Waals surface area contributed by atoms with Crippen LogP contribution in [0.3, 0.4) is 0 Å². The van der Waals surface area contributed by atoms with E-state index in [1.807, 2.05) is 0 Å². The van der Waals surface area contributed by atoms with Gasteiger partial charge < -0.3 is 59.7 Å². The Kier molecular flexibility index (Phi) is 62.5. The number of hydrogen-bond acceptors (Lipinski definition) is 12. The quantitative estimate of drug-likeness (QED) is 0.0203. The maximum absolute atomic E-state index is 13.9. The van der Waals surface area contributed by atoms with Crippen LogP contribution in [0.1, 0.15) is 259 Å². The molecular formula is C67H140N12O2. The van der Waals surface area contributed by atoms with E-state index in [9.17, 15) is 9.59 Å². The Labute approximate surface area is 502 Å². The monoisotopic (exact) mass is 1150 g/mol. The summed E-state index contributed by atoms with van der Waals surface area (Å²) in [4.78, 5) is 32.9. The molecule has 0 aliphatic rings. The predicted octanol–water partition coefficient (Wildman–Crippen LogP) is 11.0. The highest BCUT2D eigenvalue weighted by atomic mass is 16.2. The van der Waals surface area contributed by atoms with Crippen molar-refractivity contribution in [3.05, 3.63) is 24.3 Å². The first kappa shape index (κ1) is 79.0. The van der Waals surface area contributed by atoms with Crippen molar-refractivity contribution in [1.82, 2.24) is 41.7 Å². The van der Waals surface area contributed by atoms with Gasteiger partial charge in [-0.05, 0) is 207 Å². The van der Waals surface area contributed by atoms with Gasteiger partial charge in [-0.2, -0.15) is 0 Å². The van der Waals surface area contributed by atoms with Gasteiger partial charge in [0.05, 0.1) is 12.1 Å². The van der Waals surface area contributed by atoms with E-state index >= 15 is 0 Å². The number of carbonyl (C=O) groups excluding carboxylic acids is 2. The summed E-state index contributed by atoms with van der Waals surface area (Å²) in [6.07, 6.45) is 53.2. The highest BCUT2D eigenvalue weighted by Crippen LogP contribution is 2.15. The van der Waals surface area contributed by atoms with Crippen LogP contribution in [0.25, 0.3) is 0 Å². The van der Waals surface area contributed by atoms with Crippen LogP contribution >= 0.6 is 0 Å². The van der Waals surface area contributed by atoms with Crippen LogP contribution in [0.5, 0.6) is 0 Å². The van der Waals surface area contributed by atoms with Gasteiger partial charge in [0.1, 0.15) is 0 Å². The Hall–Kier alpha value is -1.98. The van der Waals surface area contributed by atoms with Crippen LogP contribution in [0.2, 0.25) is 0 Å². The summed E-state index contributed by atoms with van der Waals surface area (Å²) in [7, 11) is 0. The molecule has 4 atom stereocenters. The van der Waals surface area contributed by atoms with Crippen molar-refractivity contribution in [2.75, 3.05) is 111 Å². The zero-order valence-corrected chi connectivity index (χ0v) is 54.1. The van der Waals surface area contributed by atoms with Gasteiger partial charge in [0, 0.05) is 38.8 Å². The average molecular weight is 1150 g/mol. The third kappa shape index (κ3) is 54.4. The molecule has 0 aliphatic heterocycles. The topological polar surface area (TPSA) is 217 Å². The number of nitrogens with zero attached hydrogens (tertiary/aromatic N) is 2. The number of rotatable bonds is 66. The van der Waals surface area contributed by atoms with Gasteiger partial charge in [0.15, 0.2) is 0 Å². The van der Waals surface area contributed by atoms with Crippen LogP contribution in [-0.2, 0) is 9.59 Å². The Balaban J connectivity index is 5.86. The number of nitrogens with two attached hydrogens (primary N) is 4. The summed E-state index contributed by atoms with van der Waals surface area (Å²) in [5.74, 6) is 0.479. The summed E-state index contributed by atoms with van der Waals surface area (Å²) >= 11 is 0. The van der Waals surface area contributed by atoms with Crippen LogP contribution in [-0.4, -0.2) is 151 Å². The van der Waals surface area contributed by atoms with Crippen molar-refractivity contribution >= 4 is 11.8 Å². The minimum absolute atomic E-state index is 0.0893. The molecule has 0 saturated heterocycles. The normalized spacial score (nSPS) is 13.6. The fourth-order valence-corrected chi connectivity index (χ4v) is 10.6. The van der Waals surface area contributed by atoms with Crippen LogP contribution in [0, 0.1) is 5.92 Å². The molecule has 0 bridgehead atoms. The van der Waals surface area contributed by atoms with E-state index in [0.29, 0.717) is 45.2 Å². The van der Waals surface area contributed by atoms with Crippen LogP contribution in [0.15, 0.2) is 24.3 Å². The lowest BCUT2D eigenvalue weighted by atomic mass is 10.1. The van der Waals surface area contributed by atoms with Crippen molar-refractivity contribution in [2.45, 2.75) is 277 Å². The molecule has 480 valence electrons. The summed E-state index contributed by atoms with van der Waals surface area (Å²) < 4.78 is 0. The number of allylic oxidation sites excluding steroid dienone is 4. The summed E-state index contributed by atoms with van der Waals surface area (Å²) in [6, 6.07) is -0.267. The summed E-state index contributed by atoms with van der Waals surface area (Å²) in [5, 5.41) is 20.7. The molecule has 14 N–H and O–H groups in total. The number of amides is 2. The SMILES string of the molecule is CCCCCCCC/C=C\CCCCCCCCN(CCN(CCCCCCCC/C=C\CCCCCCCC)C(C)CNC(=O)C(CCCNCCCN)NCCCN)CC(C)CNC(=O)C(CCCNCCCN)NCCCN. The molecule has 0 spiro atoms. The van der Waals surface area contributed by atoms with Gasteiger partial charge in [-0.1, -0.05) is 161 Å². The lowest BCUT2D eigenvalue weighted by molar-refractivity contribution is -0.124. The first-order valence-electron chi connectivity index (χ1n) is 34.8. The average Bonchev–Trinajstić information content (AvgIpc) is 3.47. The molecule has 0 rings (SSSR count). The van der Waals surface area contributed by atoms with Gasteiger partial charge >= 0.3 is 0 Å². The van der Waals surface area contributed by atoms with Crippen molar-refractivity contribution in [3.8, 4) is 0 Å². The molecule has 2 amide bonds. The van der Waals surface area contributed by atoms with E-state index in [4.69, 9.17) is 22.9 Å². The van der Waals surface area contributed by atoms with Crippen molar-refractivity contribution < 1.29 is 9.59 Å². The molecule has 0 radical (unpaired) electrons. The lowest BCUT2D eigenvalue weighted by Gasteiger charge is -2.33. The fourth-order valence-electron chi connectivity index (χ4n) is 10.6. The fraction of sp³-hybridized carbons (Fsp3) is 0.910. The van der Waals surface area contributed by atoms with Gasteiger partial charge in [-0.15, -0.1) is 0 Å². The number of nitrogens with one attached hydrogen (secondary N) is 6. The van der Waals surface area contributed by atoms with Crippen molar-refractivity contribution in [1.29, 1.82) is 0 Å². The molecule has 4 unspecified atom stereocenters. The summed E-state index contributed by atoms with van der Waals surface area (Å²) in [6.45, 7) is 23.0. The Bertz CT molecular complexity index is 1360. The molecule has 14 heteroatoms. The first-order valence-corrected chi connectivity index (χ1v) is 34.8. The molecule has 81 heavy (non-hydrogen) atoms. The van der Waals surface area contributed by atoms with Gasteiger partial charge in [0.25, 0.3) is 0 Å². The van der Waals surface area contributed by atoms with Gasteiger partial charge in [0.2, 0.25) is 11.8 Å². The molecule has 0 fully saturated rings. The van der Waals surface area contributed by atoms with Gasteiger partial charge in [-0.3, -0.25) is 14.5 Å². The molecule has 0 saturated carbocycles. The Morgan fingerprint density at radius 3 is 1.17 bits per heavy atom. The van der Waals surface area contributed by atoms with Crippen molar-refractivity contribution in [2.24, 2.45) is 28.9 Å². The van der Waals surface area contributed by atoms with E-state index in [0.717, 1.165) is 123 Å². The molecule has 0 aromatic carbocycles. The largest absolute Gasteiger partial charge is 0.354 e. The Morgan fingerprint density at radius 1 is 0.395 bits per heavy atom. The highest BCUT2D eigenvalue weighted by molar-refractivity contribution is 5.82. The molecular weight excluding hydrogens is 1000 g/mol. The molecule has 0 aliphatic carbocycles. The third-order valence-corrected chi connectivity index (χ3v) is 16.0. The summed E-state index contributed by atoms with van der Waals surface area (Å²) in [5.41, 5.74) is 23.1. The minimum Gasteiger partial charge on any atom is -0.354 e. The predicted molar refractivity (Wildman–Crippen MR) is 354 cm³/mol. The highest BCUT2D eigenvalue weighted by Gasteiger charge is 2.22. The molecule has 0 aromatic rings. The molecule has 14 nitrogen and oxygen atoms in total. The first-order chi connectivity index (χ1) is 39.8. The standard InChI is InChI=1S/C67H140N12O2/c1-5-7-9-11-13-15-17-19-21-23-25-27-29-31-33-35-55-78(61-62(3)59-76-66(80)64(74-53-41-47-70)43-37-49-72-51-39-45-68)57-58-79(56-36-34-32-30-28-26-24-22-20-18-16-14-12-10-8-6-2)63(4)60-77-67(81)65(75-54-42-48-71)44-38-50-73-52-40-46-69/h19-22,62-65,72-75H,5-18,23-61,68-71H2,1-4H3,(H,76,80)(H,77,81)/b21-19-,22-20-. The van der Waals surface area contributed by atoms with Crippen molar-refractivity contribution in [3.63, 3.8) is 0 Å². The van der Waals surface area contributed by atoms with E-state index in [-0.39, 0.29) is 29.9 Å². The van der Waals surface area contributed by atoms with E-state index in [2.05, 4.69) is 93.7 Å². The zero-order valence-electron chi connectivity index (χ0n) is 54.1. The van der Waals surface area contributed by atoms with E-state index < -0.39 is 0 Å². The maximum Gasteiger partial charge on any atom is 0.237 e.